The fourth-order valence-corrected chi connectivity index (χ4v) is 3.66. The molecule has 2 fully saturated rings. The van der Waals surface area contributed by atoms with Gasteiger partial charge in [-0.1, -0.05) is 29.3 Å². The number of rotatable bonds is 3. The molecule has 1 aliphatic carbocycles. The van der Waals surface area contributed by atoms with Crippen molar-refractivity contribution in [1.29, 1.82) is 0 Å². The van der Waals surface area contributed by atoms with Gasteiger partial charge in [0, 0.05) is 21.7 Å². The summed E-state index contributed by atoms with van der Waals surface area (Å²) in [6.07, 6.45) is 3.25. The molecule has 2 aliphatic rings. The summed E-state index contributed by atoms with van der Waals surface area (Å²) in [7, 11) is 0. The monoisotopic (exact) mass is 407 g/mol. The van der Waals surface area contributed by atoms with Crippen molar-refractivity contribution in [3.05, 3.63) is 40.1 Å². The molecule has 1 saturated carbocycles. The van der Waals surface area contributed by atoms with E-state index in [9.17, 15) is 9.59 Å². The number of amides is 3. The van der Waals surface area contributed by atoms with Gasteiger partial charge in [-0.3, -0.25) is 4.79 Å². The summed E-state index contributed by atoms with van der Waals surface area (Å²) < 4.78 is 1.63. The minimum absolute atomic E-state index is 0.0212. The summed E-state index contributed by atoms with van der Waals surface area (Å²) in [6.45, 7) is 5.89. The first kappa shape index (κ1) is 18.3. The van der Waals surface area contributed by atoms with Crippen LogP contribution >= 0.6 is 23.2 Å². The highest BCUT2D eigenvalue weighted by atomic mass is 35.5. The van der Waals surface area contributed by atoms with E-state index >= 15 is 0 Å². The smallest absolute Gasteiger partial charge is 0.305 e. The topological polar surface area (TPSA) is 71.3 Å². The molecule has 27 heavy (non-hydrogen) atoms. The number of carbonyl (C=O) groups is 2. The van der Waals surface area contributed by atoms with Crippen LogP contribution in [0.25, 0.3) is 0 Å². The van der Waals surface area contributed by atoms with E-state index in [0.29, 0.717) is 15.6 Å². The highest BCUT2D eigenvalue weighted by Gasteiger charge is 2.53. The van der Waals surface area contributed by atoms with Gasteiger partial charge in [-0.15, -0.1) is 5.10 Å². The number of anilines is 1. The highest BCUT2D eigenvalue weighted by Crippen LogP contribution is 2.43. The van der Waals surface area contributed by atoms with Crippen LogP contribution in [0.2, 0.25) is 10.0 Å². The number of imide groups is 1. The van der Waals surface area contributed by atoms with Crippen molar-refractivity contribution in [2.24, 2.45) is 0 Å². The number of nitrogens with zero attached hydrogens (tertiary/aromatic N) is 5. The van der Waals surface area contributed by atoms with E-state index in [0.717, 1.165) is 17.7 Å². The van der Waals surface area contributed by atoms with Crippen LogP contribution in [-0.4, -0.2) is 37.6 Å². The molecule has 0 radical (unpaired) electrons. The zero-order chi connectivity index (χ0) is 19.5. The van der Waals surface area contributed by atoms with Crippen LogP contribution in [0.15, 0.2) is 24.5 Å². The van der Waals surface area contributed by atoms with Gasteiger partial charge in [-0.25, -0.2) is 9.48 Å². The van der Waals surface area contributed by atoms with Crippen LogP contribution in [0.1, 0.15) is 45.2 Å². The predicted molar refractivity (Wildman–Crippen MR) is 102 cm³/mol. The maximum atomic E-state index is 13.2. The van der Waals surface area contributed by atoms with Gasteiger partial charge in [0.25, 0.3) is 11.9 Å². The quantitative estimate of drug-likeness (QED) is 0.720. The van der Waals surface area contributed by atoms with Crippen molar-refractivity contribution in [3.63, 3.8) is 0 Å². The molecule has 1 saturated heterocycles. The summed E-state index contributed by atoms with van der Waals surface area (Å²) >= 11 is 12.3. The van der Waals surface area contributed by atoms with Gasteiger partial charge in [0.1, 0.15) is 12.4 Å². The van der Waals surface area contributed by atoms with Gasteiger partial charge < -0.3 is 4.90 Å². The summed E-state index contributed by atoms with van der Waals surface area (Å²) in [5, 5.41) is 5.18. The van der Waals surface area contributed by atoms with E-state index in [-0.39, 0.29) is 17.5 Å². The van der Waals surface area contributed by atoms with Crippen LogP contribution in [0.3, 0.4) is 0 Å². The van der Waals surface area contributed by atoms with Gasteiger partial charge in [-0.05, 0) is 45.7 Å². The molecule has 1 aromatic carbocycles. The first-order valence-corrected chi connectivity index (χ1v) is 9.47. The lowest BCUT2D eigenvalue weighted by Gasteiger charge is -2.22. The molecule has 9 heteroatoms. The van der Waals surface area contributed by atoms with Gasteiger partial charge in [0.15, 0.2) is 0 Å². The Bertz CT molecular complexity index is 932. The van der Waals surface area contributed by atoms with E-state index in [1.165, 1.54) is 6.33 Å². The van der Waals surface area contributed by atoms with Crippen LogP contribution in [-0.2, 0) is 10.3 Å². The van der Waals surface area contributed by atoms with Crippen LogP contribution < -0.4 is 4.90 Å². The summed E-state index contributed by atoms with van der Waals surface area (Å²) in [6, 6.07) is 3.76. The van der Waals surface area contributed by atoms with Crippen LogP contribution in [0.4, 0.5) is 10.7 Å². The first-order valence-electron chi connectivity index (χ1n) is 8.72. The molecular formula is C18H19Cl2N5O2. The second-order valence-corrected chi connectivity index (χ2v) is 8.67. The zero-order valence-electron chi connectivity index (χ0n) is 15.2. The van der Waals surface area contributed by atoms with Crippen LogP contribution in [0.5, 0.6) is 0 Å². The normalized spacial score (nSPS) is 20.7. The van der Waals surface area contributed by atoms with Gasteiger partial charge in [0.05, 0.1) is 5.54 Å². The fourth-order valence-electron chi connectivity index (χ4n) is 3.15. The molecule has 2 heterocycles. The molecule has 0 bridgehead atoms. The third-order valence-electron chi connectivity index (χ3n) is 4.71. The van der Waals surface area contributed by atoms with E-state index in [1.54, 1.807) is 27.8 Å². The van der Waals surface area contributed by atoms with Crippen molar-refractivity contribution < 1.29 is 9.59 Å². The number of urea groups is 1. The average molecular weight is 408 g/mol. The Labute approximate surface area is 166 Å². The maximum absolute atomic E-state index is 13.2. The van der Waals surface area contributed by atoms with E-state index < -0.39 is 18.0 Å². The average Bonchev–Trinajstić information content (AvgIpc) is 3.21. The Hall–Kier alpha value is -2.12. The lowest BCUT2D eigenvalue weighted by atomic mass is 10.1. The number of benzene rings is 1. The summed E-state index contributed by atoms with van der Waals surface area (Å²) in [5.74, 6) is -0.319. The molecule has 7 nitrogen and oxygen atoms in total. The summed E-state index contributed by atoms with van der Waals surface area (Å²) in [4.78, 5) is 33.2. The van der Waals surface area contributed by atoms with Gasteiger partial charge >= 0.3 is 6.03 Å². The molecule has 0 unspecified atom stereocenters. The Morgan fingerprint density at radius 3 is 2.41 bits per heavy atom. The molecular weight excluding hydrogens is 389 g/mol. The number of halogens is 2. The SMILES string of the molecule is CC(C)(C)n1cnc(N2C(=O)[C@@H](c3ccc(Cl)cc3Cl)N(C3CC3)C2=O)n1. The Balaban J connectivity index is 1.76. The van der Waals surface area contributed by atoms with Gasteiger partial charge in [-0.2, -0.15) is 9.88 Å². The molecule has 1 atom stereocenters. The molecule has 4 rings (SSSR count). The zero-order valence-corrected chi connectivity index (χ0v) is 16.7. The van der Waals surface area contributed by atoms with Gasteiger partial charge in [0.2, 0.25) is 0 Å². The standard InChI is InChI=1S/C18H19Cl2N5O2/c1-18(2,3)23-9-21-16(22-23)25-15(26)14(24(17(25)27)11-5-6-11)12-7-4-10(19)8-13(12)20/h4,7-9,11,14H,5-6H2,1-3H3/t14-/m1/s1. The number of hydrogen-bond donors (Lipinski definition) is 0. The Morgan fingerprint density at radius 1 is 1.15 bits per heavy atom. The molecule has 2 aromatic rings. The molecule has 1 aliphatic heterocycles. The van der Waals surface area contributed by atoms with Crippen molar-refractivity contribution in [1.82, 2.24) is 19.7 Å². The lowest BCUT2D eigenvalue weighted by Crippen LogP contribution is -2.35. The highest BCUT2D eigenvalue weighted by molar-refractivity contribution is 6.35. The molecule has 142 valence electrons. The van der Waals surface area contributed by atoms with E-state index in [2.05, 4.69) is 10.1 Å². The Kier molecular flexibility index (Phi) is 4.20. The van der Waals surface area contributed by atoms with Crippen molar-refractivity contribution in [2.75, 3.05) is 4.90 Å². The molecule has 3 amide bonds. The molecule has 0 N–H and O–H groups in total. The van der Waals surface area contributed by atoms with Crippen LogP contribution in [0, 0.1) is 0 Å². The molecule has 0 spiro atoms. The third kappa shape index (κ3) is 3.08. The second kappa shape index (κ2) is 6.21. The number of carbonyl (C=O) groups excluding carboxylic acids is 2. The third-order valence-corrected chi connectivity index (χ3v) is 5.27. The lowest BCUT2D eigenvalue weighted by molar-refractivity contribution is -0.120. The van der Waals surface area contributed by atoms with Crippen molar-refractivity contribution in [2.45, 2.75) is 51.2 Å². The number of aromatic nitrogens is 3. The largest absolute Gasteiger partial charge is 0.335 e. The Morgan fingerprint density at radius 2 is 1.85 bits per heavy atom. The van der Waals surface area contributed by atoms with E-state index in [4.69, 9.17) is 23.2 Å². The van der Waals surface area contributed by atoms with Crippen molar-refractivity contribution >= 4 is 41.1 Å². The minimum atomic E-state index is -0.795. The fraction of sp³-hybridized carbons (Fsp3) is 0.444. The minimum Gasteiger partial charge on any atom is -0.305 e. The van der Waals surface area contributed by atoms with Crippen molar-refractivity contribution in [3.8, 4) is 0 Å². The second-order valence-electron chi connectivity index (χ2n) is 7.82. The first-order chi connectivity index (χ1) is 12.7. The predicted octanol–water partition coefficient (Wildman–Crippen LogP) is 4.01. The van der Waals surface area contributed by atoms with E-state index in [1.807, 2.05) is 20.8 Å². The maximum Gasteiger partial charge on any atom is 0.335 e. The summed E-state index contributed by atoms with van der Waals surface area (Å²) in [5.41, 5.74) is 0.246. The molecule has 1 aromatic heterocycles. The number of hydrogen-bond acceptors (Lipinski definition) is 4.